The Balaban J connectivity index is 3.01. The van der Waals surface area contributed by atoms with Gasteiger partial charge in [-0.25, -0.2) is 13.1 Å². The molecule has 1 aromatic carbocycles. The molecule has 2 N–H and O–H groups in total. The van der Waals surface area contributed by atoms with Crippen molar-refractivity contribution in [2.75, 3.05) is 13.1 Å². The van der Waals surface area contributed by atoms with Gasteiger partial charge in [-0.15, -0.1) is 0 Å². The first kappa shape index (κ1) is 18.4. The highest BCUT2D eigenvalue weighted by molar-refractivity contribution is 7.89. The molecule has 0 unspecified atom stereocenters. The van der Waals surface area contributed by atoms with E-state index in [1.54, 1.807) is 0 Å². The van der Waals surface area contributed by atoms with E-state index in [9.17, 15) is 8.42 Å². The van der Waals surface area contributed by atoms with Crippen LogP contribution in [0.2, 0.25) is 5.02 Å². The molecule has 0 aromatic heterocycles. The Kier molecular flexibility index (Phi) is 7.66. The van der Waals surface area contributed by atoms with Crippen LogP contribution in [0.15, 0.2) is 17.0 Å². The highest BCUT2D eigenvalue weighted by atomic mass is 35.5. The van der Waals surface area contributed by atoms with Crippen LogP contribution in [0.25, 0.3) is 0 Å². The minimum absolute atomic E-state index is 0.277. The van der Waals surface area contributed by atoms with Crippen LogP contribution in [-0.4, -0.2) is 21.5 Å². The summed E-state index contributed by atoms with van der Waals surface area (Å²) in [6.07, 6.45) is 2.80. The number of unbranched alkanes of at least 4 members (excludes halogenated alkanes) is 1. The fourth-order valence-electron chi connectivity index (χ4n) is 2.03. The van der Waals surface area contributed by atoms with Crippen LogP contribution >= 0.6 is 11.6 Å². The summed E-state index contributed by atoms with van der Waals surface area (Å²) in [6.45, 7) is 7.91. The molecule has 1 aromatic rings. The largest absolute Gasteiger partial charge is 0.313 e. The number of halogens is 1. The monoisotopic (exact) mass is 332 g/mol. The highest BCUT2D eigenvalue weighted by Gasteiger charge is 2.19. The van der Waals surface area contributed by atoms with Crippen LogP contribution in [0.3, 0.4) is 0 Å². The number of hydrogen-bond acceptors (Lipinski definition) is 3. The number of nitrogens with one attached hydrogen (secondary N) is 2. The Hall–Kier alpha value is -0.620. The van der Waals surface area contributed by atoms with Gasteiger partial charge in [0.25, 0.3) is 0 Å². The van der Waals surface area contributed by atoms with E-state index in [1.165, 1.54) is 6.07 Å². The zero-order valence-electron chi connectivity index (χ0n) is 13.0. The molecule has 6 heteroatoms. The minimum Gasteiger partial charge on any atom is -0.313 e. The molecule has 4 nitrogen and oxygen atoms in total. The first-order valence-electron chi connectivity index (χ1n) is 7.41. The van der Waals surface area contributed by atoms with Crippen molar-refractivity contribution in [2.45, 2.75) is 51.5 Å². The Morgan fingerprint density at radius 3 is 2.48 bits per heavy atom. The summed E-state index contributed by atoms with van der Waals surface area (Å²) < 4.78 is 27.4. The molecule has 0 bridgehead atoms. The van der Waals surface area contributed by atoms with E-state index in [0.29, 0.717) is 18.1 Å². The molecule has 0 radical (unpaired) electrons. The van der Waals surface area contributed by atoms with Crippen LogP contribution in [0.5, 0.6) is 0 Å². The maximum Gasteiger partial charge on any atom is 0.240 e. The molecule has 120 valence electrons. The van der Waals surface area contributed by atoms with Gasteiger partial charge in [0.05, 0.1) is 4.90 Å². The van der Waals surface area contributed by atoms with Gasteiger partial charge < -0.3 is 5.32 Å². The van der Waals surface area contributed by atoms with E-state index >= 15 is 0 Å². The molecule has 0 aliphatic rings. The van der Waals surface area contributed by atoms with E-state index in [1.807, 2.05) is 19.9 Å². The Morgan fingerprint density at radius 2 is 1.86 bits per heavy atom. The van der Waals surface area contributed by atoms with Gasteiger partial charge in [0.2, 0.25) is 10.0 Å². The number of sulfonamides is 1. The van der Waals surface area contributed by atoms with Crippen LogP contribution < -0.4 is 10.0 Å². The molecule has 0 aliphatic carbocycles. The first-order chi connectivity index (χ1) is 9.92. The molecule has 0 saturated heterocycles. The highest BCUT2D eigenvalue weighted by Crippen LogP contribution is 2.24. The lowest BCUT2D eigenvalue weighted by molar-refractivity contribution is 0.577. The summed E-state index contributed by atoms with van der Waals surface area (Å²) in [5, 5.41) is 3.73. The normalized spacial score (nSPS) is 11.8. The number of rotatable bonds is 9. The van der Waals surface area contributed by atoms with E-state index in [2.05, 4.69) is 17.0 Å². The molecule has 0 saturated carbocycles. The lowest BCUT2D eigenvalue weighted by atomic mass is 10.1. The SMILES string of the molecule is CCCCNS(=O)(=O)c1cc(Cl)cc(CNCCC)c1C. The summed E-state index contributed by atoms with van der Waals surface area (Å²) in [5.41, 5.74) is 1.68. The zero-order chi connectivity index (χ0) is 15.9. The van der Waals surface area contributed by atoms with Crippen molar-refractivity contribution in [3.8, 4) is 0 Å². The van der Waals surface area contributed by atoms with Gasteiger partial charge in [-0.05, 0) is 49.6 Å². The minimum atomic E-state index is -3.50. The molecule has 0 fully saturated rings. The van der Waals surface area contributed by atoms with E-state index in [-0.39, 0.29) is 4.90 Å². The maximum atomic E-state index is 12.4. The first-order valence-corrected chi connectivity index (χ1v) is 9.27. The molecular formula is C15H25ClN2O2S. The average Bonchev–Trinajstić information content (AvgIpc) is 2.42. The fourth-order valence-corrected chi connectivity index (χ4v) is 3.72. The summed E-state index contributed by atoms with van der Waals surface area (Å²) in [4.78, 5) is 0.277. The van der Waals surface area contributed by atoms with Gasteiger partial charge in [-0.2, -0.15) is 0 Å². The van der Waals surface area contributed by atoms with Gasteiger partial charge in [0.15, 0.2) is 0 Å². The number of benzene rings is 1. The van der Waals surface area contributed by atoms with Gasteiger partial charge in [0, 0.05) is 18.1 Å². The standard InChI is InChI=1S/C15H25ClN2O2S/c1-4-6-8-18-21(19,20)15-10-14(16)9-13(12(15)3)11-17-7-5-2/h9-10,17-18H,4-8,11H2,1-3H3. The van der Waals surface area contributed by atoms with Crippen LogP contribution in [0, 0.1) is 6.92 Å². The van der Waals surface area contributed by atoms with Crippen LogP contribution in [-0.2, 0) is 16.6 Å². The zero-order valence-corrected chi connectivity index (χ0v) is 14.6. The Bertz CT molecular complexity index is 559. The van der Waals surface area contributed by atoms with Crippen molar-refractivity contribution >= 4 is 21.6 Å². The summed E-state index contributed by atoms with van der Waals surface area (Å²) in [5.74, 6) is 0. The molecule has 1 rings (SSSR count). The van der Waals surface area contributed by atoms with Crippen molar-refractivity contribution < 1.29 is 8.42 Å². The van der Waals surface area contributed by atoms with Gasteiger partial charge >= 0.3 is 0 Å². The molecule has 0 amide bonds. The summed E-state index contributed by atoms with van der Waals surface area (Å²) in [6, 6.07) is 3.35. The molecule has 0 heterocycles. The topological polar surface area (TPSA) is 58.2 Å². The fraction of sp³-hybridized carbons (Fsp3) is 0.600. The van der Waals surface area contributed by atoms with E-state index < -0.39 is 10.0 Å². The predicted octanol–water partition coefficient (Wildman–Crippen LogP) is 3.23. The summed E-state index contributed by atoms with van der Waals surface area (Å²) in [7, 11) is -3.50. The van der Waals surface area contributed by atoms with E-state index in [0.717, 1.165) is 36.9 Å². The van der Waals surface area contributed by atoms with Gasteiger partial charge in [-0.3, -0.25) is 0 Å². The third-order valence-electron chi connectivity index (χ3n) is 3.29. The molecular weight excluding hydrogens is 308 g/mol. The van der Waals surface area contributed by atoms with Crippen molar-refractivity contribution in [1.29, 1.82) is 0 Å². The van der Waals surface area contributed by atoms with Crippen molar-refractivity contribution in [1.82, 2.24) is 10.0 Å². The van der Waals surface area contributed by atoms with Crippen molar-refractivity contribution in [3.05, 3.63) is 28.3 Å². The maximum absolute atomic E-state index is 12.4. The lowest BCUT2D eigenvalue weighted by Crippen LogP contribution is -2.26. The predicted molar refractivity (Wildman–Crippen MR) is 88.3 cm³/mol. The summed E-state index contributed by atoms with van der Waals surface area (Å²) >= 11 is 6.08. The lowest BCUT2D eigenvalue weighted by Gasteiger charge is -2.14. The Labute approximate surface area is 133 Å². The van der Waals surface area contributed by atoms with Crippen molar-refractivity contribution in [2.24, 2.45) is 0 Å². The second-order valence-electron chi connectivity index (χ2n) is 5.12. The average molecular weight is 333 g/mol. The third kappa shape index (κ3) is 5.58. The quantitative estimate of drug-likeness (QED) is 0.683. The third-order valence-corrected chi connectivity index (χ3v) is 5.09. The number of hydrogen-bond donors (Lipinski definition) is 2. The smallest absolute Gasteiger partial charge is 0.240 e. The van der Waals surface area contributed by atoms with Crippen molar-refractivity contribution in [3.63, 3.8) is 0 Å². The van der Waals surface area contributed by atoms with Gasteiger partial charge in [0.1, 0.15) is 0 Å². The second-order valence-corrected chi connectivity index (χ2v) is 7.29. The molecule has 0 aliphatic heterocycles. The second kappa shape index (κ2) is 8.73. The molecule has 0 atom stereocenters. The van der Waals surface area contributed by atoms with Crippen LogP contribution in [0.4, 0.5) is 0 Å². The molecule has 21 heavy (non-hydrogen) atoms. The van der Waals surface area contributed by atoms with E-state index in [4.69, 9.17) is 11.6 Å². The van der Waals surface area contributed by atoms with Crippen LogP contribution in [0.1, 0.15) is 44.2 Å². The van der Waals surface area contributed by atoms with Gasteiger partial charge in [-0.1, -0.05) is 31.9 Å². The molecule has 0 spiro atoms. The Morgan fingerprint density at radius 1 is 1.14 bits per heavy atom.